The first-order valence-electron chi connectivity index (χ1n) is 4.95. The van der Waals surface area contributed by atoms with Crippen molar-refractivity contribution in [2.24, 2.45) is 0 Å². The molecule has 0 saturated heterocycles. The van der Waals surface area contributed by atoms with Crippen LogP contribution in [0.15, 0.2) is 18.3 Å². The Bertz CT molecular complexity index is 612. The van der Waals surface area contributed by atoms with Gasteiger partial charge in [0.2, 0.25) is 0 Å². The highest BCUT2D eigenvalue weighted by atomic mass is 32.1. The first kappa shape index (κ1) is 12.4. The number of nitrogens with two attached hydrogens (primary N) is 1. The molecule has 94 valence electrons. The highest BCUT2D eigenvalue weighted by Crippen LogP contribution is 2.22. The normalized spacial score (nSPS) is 10.4. The number of aromatic nitrogens is 1. The minimum Gasteiger partial charge on any atom is -0.396 e. The topological polar surface area (TPSA) is 68.0 Å². The van der Waals surface area contributed by atoms with Crippen LogP contribution >= 0.6 is 11.3 Å². The third-order valence-electron chi connectivity index (χ3n) is 2.18. The molecule has 18 heavy (non-hydrogen) atoms. The van der Waals surface area contributed by atoms with E-state index in [0.29, 0.717) is 10.9 Å². The largest absolute Gasteiger partial charge is 0.396 e. The van der Waals surface area contributed by atoms with Crippen LogP contribution in [-0.4, -0.2) is 10.9 Å². The second-order valence-corrected chi connectivity index (χ2v) is 4.79. The van der Waals surface area contributed by atoms with Gasteiger partial charge in [0.05, 0.1) is 22.6 Å². The standard InChI is InChI=1S/C11H9F2N3OS/c1-5-15-4-10(18-5)11(17)16-9-3-8(14)6(12)2-7(9)13/h2-4H,14H2,1H3,(H,16,17). The molecule has 0 saturated carbocycles. The number of rotatable bonds is 2. The van der Waals surface area contributed by atoms with Gasteiger partial charge in [0.25, 0.3) is 5.91 Å². The maximum atomic E-state index is 13.4. The van der Waals surface area contributed by atoms with Crippen LogP contribution in [0.1, 0.15) is 14.7 Å². The molecule has 2 rings (SSSR count). The molecule has 0 bridgehead atoms. The van der Waals surface area contributed by atoms with Crippen molar-refractivity contribution in [3.8, 4) is 0 Å². The van der Waals surface area contributed by atoms with Gasteiger partial charge >= 0.3 is 0 Å². The minimum absolute atomic E-state index is 0.162. The summed E-state index contributed by atoms with van der Waals surface area (Å²) in [6.07, 6.45) is 1.39. The first-order valence-corrected chi connectivity index (χ1v) is 5.77. The van der Waals surface area contributed by atoms with Gasteiger partial charge in [-0.1, -0.05) is 0 Å². The Morgan fingerprint density at radius 2 is 2.11 bits per heavy atom. The molecule has 0 unspecified atom stereocenters. The van der Waals surface area contributed by atoms with Crippen molar-refractivity contribution in [2.45, 2.75) is 6.92 Å². The third-order valence-corrected chi connectivity index (χ3v) is 3.09. The monoisotopic (exact) mass is 269 g/mol. The Hall–Kier alpha value is -2.02. The Kier molecular flexibility index (Phi) is 3.24. The molecular weight excluding hydrogens is 260 g/mol. The van der Waals surface area contributed by atoms with Crippen LogP contribution in [0.5, 0.6) is 0 Å². The number of thiazole rings is 1. The lowest BCUT2D eigenvalue weighted by atomic mass is 10.2. The van der Waals surface area contributed by atoms with E-state index >= 15 is 0 Å². The van der Waals surface area contributed by atoms with Crippen molar-refractivity contribution in [3.63, 3.8) is 0 Å². The maximum absolute atomic E-state index is 13.4. The molecule has 3 N–H and O–H groups in total. The molecular formula is C11H9F2N3OS. The number of hydrogen-bond acceptors (Lipinski definition) is 4. The van der Waals surface area contributed by atoms with E-state index < -0.39 is 17.5 Å². The summed E-state index contributed by atoms with van der Waals surface area (Å²) >= 11 is 1.18. The molecule has 1 aromatic heterocycles. The highest BCUT2D eigenvalue weighted by molar-refractivity contribution is 7.13. The van der Waals surface area contributed by atoms with E-state index in [9.17, 15) is 13.6 Å². The fourth-order valence-corrected chi connectivity index (χ4v) is 1.98. The predicted octanol–water partition coefficient (Wildman–Crippen LogP) is 2.56. The van der Waals surface area contributed by atoms with Crippen LogP contribution in [-0.2, 0) is 0 Å². The fourth-order valence-electron chi connectivity index (χ4n) is 1.31. The van der Waals surface area contributed by atoms with Gasteiger partial charge in [-0.05, 0) is 13.0 Å². The number of hydrogen-bond donors (Lipinski definition) is 2. The number of carbonyl (C=O) groups excluding carboxylic acids is 1. The van der Waals surface area contributed by atoms with E-state index in [1.165, 1.54) is 17.5 Å². The smallest absolute Gasteiger partial charge is 0.267 e. The molecule has 7 heteroatoms. The number of halogens is 2. The van der Waals surface area contributed by atoms with Gasteiger partial charge in [0, 0.05) is 6.07 Å². The molecule has 1 heterocycles. The Morgan fingerprint density at radius 3 is 2.72 bits per heavy atom. The lowest BCUT2D eigenvalue weighted by Gasteiger charge is -2.06. The van der Waals surface area contributed by atoms with Gasteiger partial charge < -0.3 is 11.1 Å². The van der Waals surface area contributed by atoms with Gasteiger partial charge in [-0.2, -0.15) is 0 Å². The molecule has 4 nitrogen and oxygen atoms in total. The molecule has 0 fully saturated rings. The first-order chi connectivity index (χ1) is 8.47. The number of amides is 1. The number of nitrogens with one attached hydrogen (secondary N) is 1. The van der Waals surface area contributed by atoms with Crippen LogP contribution in [0.25, 0.3) is 0 Å². The zero-order valence-electron chi connectivity index (χ0n) is 9.33. The fraction of sp³-hybridized carbons (Fsp3) is 0.0909. The van der Waals surface area contributed by atoms with Gasteiger partial charge in [-0.25, -0.2) is 13.8 Å². The Balaban J connectivity index is 2.24. The van der Waals surface area contributed by atoms with Crippen molar-refractivity contribution >= 4 is 28.6 Å². The molecule has 1 aromatic carbocycles. The Labute approximate surface area is 105 Å². The molecule has 0 aliphatic rings. The van der Waals surface area contributed by atoms with Crippen LogP contribution in [0.3, 0.4) is 0 Å². The summed E-state index contributed by atoms with van der Waals surface area (Å²) in [5.74, 6) is -2.25. The summed E-state index contributed by atoms with van der Waals surface area (Å²) < 4.78 is 26.3. The number of aryl methyl sites for hydroxylation is 1. The zero-order chi connectivity index (χ0) is 13.3. The molecule has 0 atom stereocenters. The van der Waals surface area contributed by atoms with E-state index in [0.717, 1.165) is 11.1 Å². The summed E-state index contributed by atoms with van der Waals surface area (Å²) in [7, 11) is 0. The van der Waals surface area contributed by atoms with Gasteiger partial charge in [-0.15, -0.1) is 11.3 Å². The number of anilines is 2. The highest BCUT2D eigenvalue weighted by Gasteiger charge is 2.13. The second-order valence-electron chi connectivity index (χ2n) is 3.55. The maximum Gasteiger partial charge on any atom is 0.267 e. The number of carbonyl (C=O) groups is 1. The van der Waals surface area contributed by atoms with Crippen molar-refractivity contribution in [2.75, 3.05) is 11.1 Å². The summed E-state index contributed by atoms with van der Waals surface area (Å²) in [6, 6.07) is 1.67. The van der Waals surface area contributed by atoms with E-state index in [1.807, 2.05) is 0 Å². The second kappa shape index (κ2) is 4.69. The van der Waals surface area contributed by atoms with Crippen LogP contribution in [0, 0.1) is 18.6 Å². The molecule has 0 spiro atoms. The quantitative estimate of drug-likeness (QED) is 0.823. The predicted molar refractivity (Wildman–Crippen MR) is 65.6 cm³/mol. The van der Waals surface area contributed by atoms with E-state index in [2.05, 4.69) is 10.3 Å². The number of nitrogens with zero attached hydrogens (tertiary/aromatic N) is 1. The SMILES string of the molecule is Cc1ncc(C(=O)Nc2cc(N)c(F)cc2F)s1. The van der Waals surface area contributed by atoms with Crippen LogP contribution < -0.4 is 11.1 Å². The average Bonchev–Trinajstić information content (AvgIpc) is 2.73. The Morgan fingerprint density at radius 1 is 1.39 bits per heavy atom. The van der Waals surface area contributed by atoms with E-state index in [1.54, 1.807) is 6.92 Å². The summed E-state index contributed by atoms with van der Waals surface area (Å²) in [6.45, 7) is 1.75. The average molecular weight is 269 g/mol. The summed E-state index contributed by atoms with van der Waals surface area (Å²) in [5, 5.41) is 3.04. The lowest BCUT2D eigenvalue weighted by molar-refractivity contribution is 0.103. The molecule has 0 aliphatic heterocycles. The van der Waals surface area contributed by atoms with Gasteiger partial charge in [-0.3, -0.25) is 4.79 Å². The third kappa shape index (κ3) is 2.45. The van der Waals surface area contributed by atoms with Crippen molar-refractivity contribution in [1.29, 1.82) is 0 Å². The summed E-state index contributed by atoms with van der Waals surface area (Å²) in [5.41, 5.74) is 4.91. The molecule has 0 aliphatic carbocycles. The van der Waals surface area contributed by atoms with E-state index in [4.69, 9.17) is 5.73 Å². The lowest BCUT2D eigenvalue weighted by Crippen LogP contribution is -2.12. The zero-order valence-corrected chi connectivity index (χ0v) is 10.1. The van der Waals surface area contributed by atoms with E-state index in [-0.39, 0.29) is 11.4 Å². The van der Waals surface area contributed by atoms with Crippen molar-refractivity contribution in [3.05, 3.63) is 39.8 Å². The summed E-state index contributed by atoms with van der Waals surface area (Å²) in [4.78, 5) is 16.0. The number of benzene rings is 1. The van der Waals surface area contributed by atoms with Gasteiger partial charge in [0.15, 0.2) is 0 Å². The molecule has 0 radical (unpaired) electrons. The van der Waals surface area contributed by atoms with Crippen LogP contribution in [0.4, 0.5) is 20.2 Å². The van der Waals surface area contributed by atoms with Crippen molar-refractivity contribution in [1.82, 2.24) is 4.98 Å². The minimum atomic E-state index is -0.878. The number of nitrogen functional groups attached to an aromatic ring is 1. The molecule has 2 aromatic rings. The van der Waals surface area contributed by atoms with Crippen molar-refractivity contribution < 1.29 is 13.6 Å². The molecule has 1 amide bonds. The van der Waals surface area contributed by atoms with Crippen LogP contribution in [0.2, 0.25) is 0 Å². The van der Waals surface area contributed by atoms with Gasteiger partial charge in [0.1, 0.15) is 16.5 Å².